The summed E-state index contributed by atoms with van der Waals surface area (Å²) in [5, 5.41) is 10.6. The molecule has 36 heavy (non-hydrogen) atoms. The molecule has 192 valence electrons. The lowest BCUT2D eigenvalue weighted by atomic mass is 9.82. The van der Waals surface area contributed by atoms with Crippen LogP contribution in [0, 0.1) is 5.92 Å². The molecule has 2 N–H and O–H groups in total. The van der Waals surface area contributed by atoms with Crippen molar-refractivity contribution < 1.29 is 24.2 Å². The van der Waals surface area contributed by atoms with Crippen LogP contribution in [-0.2, 0) is 32.9 Å². The summed E-state index contributed by atoms with van der Waals surface area (Å²) in [6.45, 7) is 5.89. The maximum atomic E-state index is 13.7. The number of carbonyl (C=O) groups excluding carboxylic acids is 2. The Kier molecular flexibility index (Phi) is 6.32. The standard InChI is InChI=1S/C27H33ClN2O5Si/c1-16-25(36(3,4)34)23(35-27(16)21-12-19(28)9-10-22(21)29(2)26(27)33)13-24(32)30-14-18-8-6-5-7-17(18)11-20(30)15-31/h5-10,12,16,20,23,25,31,34H,11,13-15H2,1-4H3/t16-,20+,23+,25-,27+/m1/s1. The molecule has 3 aliphatic heterocycles. The van der Waals surface area contributed by atoms with Crippen molar-refractivity contribution in [3.05, 3.63) is 64.2 Å². The van der Waals surface area contributed by atoms with Crippen LogP contribution in [0.25, 0.3) is 0 Å². The largest absolute Gasteiger partial charge is 0.432 e. The maximum absolute atomic E-state index is 13.7. The van der Waals surface area contributed by atoms with Gasteiger partial charge in [-0.25, -0.2) is 0 Å². The Balaban J connectivity index is 1.49. The Bertz CT molecular complexity index is 1220. The van der Waals surface area contributed by atoms with Gasteiger partial charge in [0.15, 0.2) is 13.9 Å². The van der Waals surface area contributed by atoms with Crippen molar-refractivity contribution >= 4 is 37.4 Å². The van der Waals surface area contributed by atoms with Crippen LogP contribution in [-0.4, -0.2) is 60.7 Å². The molecule has 2 amide bonds. The molecule has 0 aromatic heterocycles. The van der Waals surface area contributed by atoms with E-state index in [1.54, 1.807) is 29.0 Å². The lowest BCUT2D eigenvalue weighted by Crippen LogP contribution is -2.48. The summed E-state index contributed by atoms with van der Waals surface area (Å²) in [5.41, 5.74) is 1.97. The number of aliphatic hydroxyl groups excluding tert-OH is 1. The number of ether oxygens (including phenoxy) is 1. The number of hydrogen-bond acceptors (Lipinski definition) is 5. The van der Waals surface area contributed by atoms with E-state index >= 15 is 0 Å². The minimum absolute atomic E-state index is 0.0271. The van der Waals surface area contributed by atoms with Gasteiger partial charge in [-0.15, -0.1) is 0 Å². The molecule has 0 radical (unpaired) electrons. The van der Waals surface area contributed by atoms with Gasteiger partial charge in [0.1, 0.15) is 0 Å². The first-order valence-electron chi connectivity index (χ1n) is 12.4. The summed E-state index contributed by atoms with van der Waals surface area (Å²) < 4.78 is 6.64. The zero-order chi connectivity index (χ0) is 26.0. The van der Waals surface area contributed by atoms with Crippen LogP contribution >= 0.6 is 11.6 Å². The number of carbonyl (C=O) groups is 2. The smallest absolute Gasteiger partial charge is 0.264 e. The molecule has 1 spiro atoms. The van der Waals surface area contributed by atoms with Crippen LogP contribution in [0.2, 0.25) is 23.7 Å². The van der Waals surface area contributed by atoms with Crippen molar-refractivity contribution in [3.8, 4) is 0 Å². The molecule has 3 aliphatic rings. The number of fused-ring (bicyclic) bond motifs is 3. The highest BCUT2D eigenvalue weighted by molar-refractivity contribution is 6.71. The molecule has 0 aliphatic carbocycles. The van der Waals surface area contributed by atoms with Crippen LogP contribution < -0.4 is 4.90 Å². The number of hydrogen-bond donors (Lipinski definition) is 2. The van der Waals surface area contributed by atoms with Crippen molar-refractivity contribution in [3.63, 3.8) is 0 Å². The molecule has 5 atom stereocenters. The molecule has 0 bridgehead atoms. The number of halogens is 1. The average molecular weight is 529 g/mol. The molecular weight excluding hydrogens is 496 g/mol. The monoisotopic (exact) mass is 528 g/mol. The molecule has 9 heteroatoms. The molecular formula is C27H33ClN2O5Si. The van der Waals surface area contributed by atoms with E-state index in [0.717, 1.165) is 16.8 Å². The van der Waals surface area contributed by atoms with Gasteiger partial charge < -0.3 is 24.4 Å². The lowest BCUT2D eigenvalue weighted by molar-refractivity contribution is -0.150. The van der Waals surface area contributed by atoms with Crippen LogP contribution in [0.3, 0.4) is 0 Å². The summed E-state index contributed by atoms with van der Waals surface area (Å²) in [4.78, 5) is 42.1. The van der Waals surface area contributed by atoms with Gasteiger partial charge in [-0.1, -0.05) is 42.8 Å². The number of anilines is 1. The first-order valence-corrected chi connectivity index (χ1v) is 15.8. The Hall–Kier alpha value is -2.23. The van der Waals surface area contributed by atoms with Gasteiger partial charge in [0.25, 0.3) is 5.91 Å². The maximum Gasteiger partial charge on any atom is 0.264 e. The van der Waals surface area contributed by atoms with E-state index in [1.165, 1.54) is 0 Å². The minimum atomic E-state index is -2.88. The molecule has 7 nitrogen and oxygen atoms in total. The summed E-state index contributed by atoms with van der Waals surface area (Å²) in [7, 11) is -1.16. The van der Waals surface area contributed by atoms with Gasteiger partial charge in [0, 0.05) is 35.6 Å². The van der Waals surface area contributed by atoms with E-state index in [-0.39, 0.29) is 42.3 Å². The van der Waals surface area contributed by atoms with Gasteiger partial charge >= 0.3 is 0 Å². The van der Waals surface area contributed by atoms with E-state index in [2.05, 4.69) is 0 Å². The Morgan fingerprint density at radius 3 is 2.58 bits per heavy atom. The number of benzene rings is 2. The molecule has 2 aromatic carbocycles. The third-order valence-electron chi connectivity index (χ3n) is 8.34. The highest BCUT2D eigenvalue weighted by Gasteiger charge is 2.66. The predicted octanol–water partition coefficient (Wildman–Crippen LogP) is 3.45. The SMILES string of the molecule is C[C@@H]1[C@@H]([Si](C)(C)O)[C@H](CC(=O)N2Cc3ccccc3C[C@H]2CO)O[C@@]12C(=O)N(C)c1ccc(Cl)cc12. The van der Waals surface area contributed by atoms with E-state index in [4.69, 9.17) is 16.3 Å². The topological polar surface area (TPSA) is 90.3 Å². The summed E-state index contributed by atoms with van der Waals surface area (Å²) in [6.07, 6.45) is -0.0273. The van der Waals surface area contributed by atoms with Crippen LogP contribution in [0.4, 0.5) is 5.69 Å². The van der Waals surface area contributed by atoms with Gasteiger partial charge in [-0.2, -0.15) is 0 Å². The van der Waals surface area contributed by atoms with Gasteiger partial charge in [0.2, 0.25) is 5.91 Å². The quantitative estimate of drug-likeness (QED) is 0.593. The number of nitrogens with zero attached hydrogens (tertiary/aromatic N) is 2. The first-order chi connectivity index (χ1) is 17.0. The van der Waals surface area contributed by atoms with E-state index in [9.17, 15) is 19.5 Å². The zero-order valence-electron chi connectivity index (χ0n) is 21.1. The Labute approximate surface area is 217 Å². The molecule has 0 unspecified atom stereocenters. The highest BCUT2D eigenvalue weighted by Crippen LogP contribution is 2.59. The normalized spacial score (nSPS) is 29.6. The highest BCUT2D eigenvalue weighted by atomic mass is 35.5. The van der Waals surface area contributed by atoms with Crippen molar-refractivity contribution in [1.29, 1.82) is 0 Å². The van der Waals surface area contributed by atoms with Crippen molar-refractivity contribution in [2.24, 2.45) is 5.92 Å². The third kappa shape index (κ3) is 3.82. The zero-order valence-corrected chi connectivity index (χ0v) is 22.8. The van der Waals surface area contributed by atoms with Gasteiger partial charge in [-0.05, 0) is 48.8 Å². The predicted molar refractivity (Wildman–Crippen MR) is 140 cm³/mol. The second-order valence-electron chi connectivity index (χ2n) is 10.9. The van der Waals surface area contributed by atoms with Crippen molar-refractivity contribution in [2.75, 3.05) is 18.6 Å². The first kappa shape index (κ1) is 25.4. The summed E-state index contributed by atoms with van der Waals surface area (Å²) in [6, 6.07) is 13.0. The Morgan fingerprint density at radius 1 is 1.22 bits per heavy atom. The molecule has 1 fully saturated rings. The molecule has 2 aromatic rings. The number of likely N-dealkylation sites (N-methyl/N-ethyl adjacent to an activating group) is 1. The fourth-order valence-corrected chi connectivity index (χ4v) is 9.41. The van der Waals surface area contributed by atoms with Crippen molar-refractivity contribution in [1.82, 2.24) is 4.90 Å². The summed E-state index contributed by atoms with van der Waals surface area (Å²) >= 11 is 6.34. The second kappa shape index (κ2) is 8.95. The lowest BCUT2D eigenvalue weighted by Gasteiger charge is -2.37. The minimum Gasteiger partial charge on any atom is -0.432 e. The molecule has 3 heterocycles. The Morgan fingerprint density at radius 2 is 1.92 bits per heavy atom. The van der Waals surface area contributed by atoms with Gasteiger partial charge in [0.05, 0.1) is 30.9 Å². The van der Waals surface area contributed by atoms with Gasteiger partial charge in [-0.3, -0.25) is 9.59 Å². The number of amides is 2. The second-order valence-corrected chi connectivity index (χ2v) is 15.3. The van der Waals surface area contributed by atoms with Crippen LogP contribution in [0.15, 0.2) is 42.5 Å². The van der Waals surface area contributed by atoms with Crippen molar-refractivity contribution in [2.45, 2.75) is 62.7 Å². The van der Waals surface area contributed by atoms with Crippen LogP contribution in [0.1, 0.15) is 30.0 Å². The fraction of sp³-hybridized carbons (Fsp3) is 0.481. The summed E-state index contributed by atoms with van der Waals surface area (Å²) in [5.74, 6) is -0.705. The average Bonchev–Trinajstić information content (AvgIpc) is 3.24. The number of aliphatic hydroxyl groups is 1. The van der Waals surface area contributed by atoms with Crippen LogP contribution in [0.5, 0.6) is 0 Å². The number of rotatable bonds is 4. The van der Waals surface area contributed by atoms with E-state index < -0.39 is 20.0 Å². The van der Waals surface area contributed by atoms with E-state index in [0.29, 0.717) is 23.6 Å². The third-order valence-corrected chi connectivity index (χ3v) is 11.1. The van der Waals surface area contributed by atoms with E-state index in [1.807, 2.05) is 50.3 Å². The fourth-order valence-electron chi connectivity index (χ4n) is 6.69. The molecule has 5 rings (SSSR count). The molecule has 1 saturated heterocycles. The molecule has 0 saturated carbocycles.